The lowest BCUT2D eigenvalue weighted by molar-refractivity contribution is -0.00813. The first-order valence-electron chi connectivity index (χ1n) is 5.11. The Balaban J connectivity index is 2.51. The summed E-state index contributed by atoms with van der Waals surface area (Å²) in [4.78, 5) is 12.5. The van der Waals surface area contributed by atoms with E-state index in [1.165, 1.54) is 11.3 Å². The van der Waals surface area contributed by atoms with Gasteiger partial charge in [-0.15, -0.1) is 11.3 Å². The Labute approximate surface area is 108 Å². The number of ether oxygens (including phenoxy) is 1. The first kappa shape index (κ1) is 13.7. The molecule has 0 radical (unpaired) electrons. The lowest BCUT2D eigenvalue weighted by Crippen LogP contribution is -2.40. The smallest absolute Gasteiger partial charge is 0.262 e. The first-order valence-corrected chi connectivity index (χ1v) is 6.78. The maximum absolute atomic E-state index is 11.8. The predicted molar refractivity (Wildman–Crippen MR) is 70.1 cm³/mol. The molecule has 0 atom stereocenters. The average molecular weight is 306 g/mol. The van der Waals surface area contributed by atoms with Gasteiger partial charge >= 0.3 is 0 Å². The molecule has 1 aromatic rings. The van der Waals surface area contributed by atoms with Crippen LogP contribution in [-0.2, 0) is 4.74 Å². The molecule has 1 heterocycles. The summed E-state index contributed by atoms with van der Waals surface area (Å²) in [6.07, 6.45) is 0. The summed E-state index contributed by atoms with van der Waals surface area (Å²) in [5, 5.41) is 4.75. The molecule has 3 nitrogen and oxygen atoms in total. The number of rotatable bonds is 5. The Bertz CT molecular complexity index is 363. The fourth-order valence-corrected chi connectivity index (χ4v) is 2.74. The minimum Gasteiger partial charge on any atom is -0.374 e. The third kappa shape index (κ3) is 3.88. The summed E-state index contributed by atoms with van der Waals surface area (Å²) in [7, 11) is 0. The fraction of sp³-hybridized carbons (Fsp3) is 0.545. The number of nitrogens with one attached hydrogen (secondary N) is 1. The van der Waals surface area contributed by atoms with Crippen molar-refractivity contribution in [2.45, 2.75) is 26.4 Å². The molecule has 1 aromatic heterocycles. The number of amides is 1. The van der Waals surface area contributed by atoms with Crippen LogP contribution >= 0.6 is 27.3 Å². The largest absolute Gasteiger partial charge is 0.374 e. The molecule has 0 unspecified atom stereocenters. The van der Waals surface area contributed by atoms with Gasteiger partial charge in [0.15, 0.2) is 0 Å². The van der Waals surface area contributed by atoms with Crippen molar-refractivity contribution in [2.24, 2.45) is 0 Å². The molecule has 0 aromatic carbocycles. The Hall–Kier alpha value is -0.390. The molecule has 1 N–H and O–H groups in total. The lowest BCUT2D eigenvalue weighted by atomic mass is 10.1. The van der Waals surface area contributed by atoms with Crippen molar-refractivity contribution in [1.82, 2.24) is 5.32 Å². The minimum atomic E-state index is -0.325. The topological polar surface area (TPSA) is 38.3 Å². The molecule has 90 valence electrons. The number of carbonyl (C=O) groups is 1. The van der Waals surface area contributed by atoms with Gasteiger partial charge < -0.3 is 10.1 Å². The molecule has 0 aliphatic heterocycles. The minimum absolute atomic E-state index is 0.0605. The van der Waals surface area contributed by atoms with Gasteiger partial charge in [-0.2, -0.15) is 0 Å². The van der Waals surface area contributed by atoms with Crippen molar-refractivity contribution < 1.29 is 9.53 Å². The highest BCUT2D eigenvalue weighted by atomic mass is 79.9. The van der Waals surface area contributed by atoms with Crippen molar-refractivity contribution in [1.29, 1.82) is 0 Å². The van der Waals surface area contributed by atoms with E-state index in [2.05, 4.69) is 21.2 Å². The molecule has 0 saturated carbocycles. The highest BCUT2D eigenvalue weighted by Gasteiger charge is 2.20. The van der Waals surface area contributed by atoms with Gasteiger partial charge in [-0.25, -0.2) is 0 Å². The van der Waals surface area contributed by atoms with Crippen LogP contribution in [-0.4, -0.2) is 24.7 Å². The quantitative estimate of drug-likeness (QED) is 0.908. The van der Waals surface area contributed by atoms with E-state index < -0.39 is 0 Å². The molecular formula is C11H16BrNO2S. The molecule has 0 fully saturated rings. The second-order valence-corrected chi connectivity index (χ2v) is 5.74. The van der Waals surface area contributed by atoms with Crippen LogP contribution in [0, 0.1) is 0 Å². The van der Waals surface area contributed by atoms with Crippen molar-refractivity contribution in [3.63, 3.8) is 0 Å². The number of hydrogen-bond acceptors (Lipinski definition) is 3. The van der Waals surface area contributed by atoms with Gasteiger partial charge in [-0.05, 0) is 48.1 Å². The summed E-state index contributed by atoms with van der Waals surface area (Å²) in [6.45, 7) is 7.01. The zero-order valence-electron chi connectivity index (χ0n) is 9.67. The Morgan fingerprint density at radius 2 is 2.31 bits per heavy atom. The zero-order valence-corrected chi connectivity index (χ0v) is 12.1. The van der Waals surface area contributed by atoms with Crippen LogP contribution in [0.15, 0.2) is 15.9 Å². The summed E-state index contributed by atoms with van der Waals surface area (Å²) < 4.78 is 6.34. The van der Waals surface area contributed by atoms with Crippen LogP contribution in [0.3, 0.4) is 0 Å². The SMILES string of the molecule is CCOC(C)(C)CNC(=O)c1sccc1Br. The van der Waals surface area contributed by atoms with E-state index in [9.17, 15) is 4.79 Å². The maximum Gasteiger partial charge on any atom is 0.262 e. The van der Waals surface area contributed by atoms with E-state index >= 15 is 0 Å². The van der Waals surface area contributed by atoms with Crippen molar-refractivity contribution in [2.75, 3.05) is 13.2 Å². The normalized spacial score (nSPS) is 11.5. The van der Waals surface area contributed by atoms with Crippen LogP contribution in [0.4, 0.5) is 0 Å². The van der Waals surface area contributed by atoms with E-state index in [1.807, 2.05) is 32.2 Å². The third-order valence-corrected chi connectivity index (χ3v) is 3.87. The van der Waals surface area contributed by atoms with Gasteiger partial charge in [-0.3, -0.25) is 4.79 Å². The summed E-state index contributed by atoms with van der Waals surface area (Å²) in [5.74, 6) is -0.0605. The van der Waals surface area contributed by atoms with Gasteiger partial charge in [0.2, 0.25) is 0 Å². The van der Waals surface area contributed by atoms with E-state index in [-0.39, 0.29) is 11.5 Å². The molecule has 16 heavy (non-hydrogen) atoms. The third-order valence-electron chi connectivity index (χ3n) is 2.03. The van der Waals surface area contributed by atoms with Crippen LogP contribution < -0.4 is 5.32 Å². The van der Waals surface area contributed by atoms with Crippen LogP contribution in [0.5, 0.6) is 0 Å². The zero-order chi connectivity index (χ0) is 12.2. The van der Waals surface area contributed by atoms with Gasteiger partial charge in [0, 0.05) is 17.6 Å². The van der Waals surface area contributed by atoms with Crippen molar-refractivity contribution >= 4 is 33.2 Å². The molecule has 1 amide bonds. The number of thiophene rings is 1. The maximum atomic E-state index is 11.8. The predicted octanol–water partition coefficient (Wildman–Crippen LogP) is 3.06. The molecule has 1 rings (SSSR count). The Morgan fingerprint density at radius 1 is 1.62 bits per heavy atom. The Morgan fingerprint density at radius 3 is 2.81 bits per heavy atom. The van der Waals surface area contributed by atoms with E-state index in [0.29, 0.717) is 18.0 Å². The van der Waals surface area contributed by atoms with Crippen molar-refractivity contribution in [3.05, 3.63) is 20.8 Å². The second-order valence-electron chi connectivity index (χ2n) is 3.97. The molecule has 0 aliphatic rings. The van der Waals surface area contributed by atoms with Gasteiger partial charge in [0.1, 0.15) is 4.88 Å². The van der Waals surface area contributed by atoms with Crippen LogP contribution in [0.2, 0.25) is 0 Å². The van der Waals surface area contributed by atoms with E-state index in [1.54, 1.807) is 0 Å². The van der Waals surface area contributed by atoms with Crippen LogP contribution in [0.1, 0.15) is 30.4 Å². The summed E-state index contributed by atoms with van der Waals surface area (Å²) in [5.41, 5.74) is -0.325. The van der Waals surface area contributed by atoms with Crippen molar-refractivity contribution in [3.8, 4) is 0 Å². The number of carbonyl (C=O) groups excluding carboxylic acids is 1. The highest BCUT2D eigenvalue weighted by molar-refractivity contribution is 9.10. The van der Waals surface area contributed by atoms with E-state index in [0.717, 1.165) is 4.47 Å². The van der Waals surface area contributed by atoms with E-state index in [4.69, 9.17) is 4.74 Å². The van der Waals surface area contributed by atoms with Gasteiger partial charge in [-0.1, -0.05) is 0 Å². The molecule has 0 aliphatic carbocycles. The van der Waals surface area contributed by atoms with Gasteiger partial charge in [0.05, 0.1) is 5.60 Å². The molecule has 5 heteroatoms. The molecule has 0 bridgehead atoms. The summed E-state index contributed by atoms with van der Waals surface area (Å²) in [6, 6.07) is 1.87. The van der Waals surface area contributed by atoms with Crippen LogP contribution in [0.25, 0.3) is 0 Å². The standard InChI is InChI=1S/C11H16BrNO2S/c1-4-15-11(2,3)7-13-10(14)9-8(12)5-6-16-9/h5-6H,4,7H2,1-3H3,(H,13,14). The van der Waals surface area contributed by atoms with Gasteiger partial charge in [0.25, 0.3) is 5.91 Å². The Kier molecular flexibility index (Phi) is 4.95. The lowest BCUT2D eigenvalue weighted by Gasteiger charge is -2.24. The molecular weight excluding hydrogens is 290 g/mol. The fourth-order valence-electron chi connectivity index (χ4n) is 1.27. The highest BCUT2D eigenvalue weighted by Crippen LogP contribution is 2.22. The molecule has 0 saturated heterocycles. The monoisotopic (exact) mass is 305 g/mol. The number of hydrogen-bond donors (Lipinski definition) is 1. The molecule has 0 spiro atoms. The second kappa shape index (κ2) is 5.80. The number of halogens is 1. The summed E-state index contributed by atoms with van der Waals surface area (Å²) >= 11 is 4.76. The first-order chi connectivity index (χ1) is 7.46. The average Bonchev–Trinajstić information content (AvgIpc) is 2.61.